The summed E-state index contributed by atoms with van der Waals surface area (Å²) in [5.74, 6) is 0. The van der Waals surface area contributed by atoms with Crippen LogP contribution < -0.4 is 0 Å². The van der Waals surface area contributed by atoms with Crippen LogP contribution in [0.5, 0.6) is 0 Å². The normalized spacial score (nSPS) is 11.3. The lowest BCUT2D eigenvalue weighted by Gasteiger charge is -2.09. The van der Waals surface area contributed by atoms with Gasteiger partial charge in [0.15, 0.2) is 0 Å². The third kappa shape index (κ3) is 4.21. The van der Waals surface area contributed by atoms with E-state index in [1.165, 1.54) is 0 Å². The highest BCUT2D eigenvalue weighted by Gasteiger charge is 2.30. The Labute approximate surface area is 70.8 Å². The number of rotatable bonds is 4. The average molecular weight is 178 g/mol. The highest BCUT2D eigenvalue weighted by molar-refractivity contribution is 5.06. The molecule has 0 aromatic carbocycles. The monoisotopic (exact) mass is 178 g/mol. The van der Waals surface area contributed by atoms with E-state index in [0.29, 0.717) is 6.42 Å². The molecule has 0 aliphatic rings. The molecular weight excluding hydrogens is 165 g/mol. The van der Waals surface area contributed by atoms with Crippen LogP contribution in [-0.4, -0.2) is 6.18 Å². The van der Waals surface area contributed by atoms with E-state index in [0.717, 1.165) is 12.0 Å². The van der Waals surface area contributed by atoms with Crippen LogP contribution in [0.1, 0.15) is 26.2 Å². The molecule has 0 atom stereocenters. The standard InChI is InChI=1S/C9H13F3/c1-4-7(2)5-6-8(3)9(10,11)12/h2-6H2,1H3. The van der Waals surface area contributed by atoms with Crippen molar-refractivity contribution >= 4 is 0 Å². The van der Waals surface area contributed by atoms with E-state index in [4.69, 9.17) is 0 Å². The molecule has 0 aliphatic carbocycles. The first kappa shape index (κ1) is 11.3. The van der Waals surface area contributed by atoms with Gasteiger partial charge in [-0.1, -0.05) is 25.7 Å². The number of hydrogen-bond acceptors (Lipinski definition) is 0. The van der Waals surface area contributed by atoms with Crippen molar-refractivity contribution in [2.75, 3.05) is 0 Å². The van der Waals surface area contributed by atoms with Crippen LogP contribution in [0.4, 0.5) is 13.2 Å². The molecule has 0 rings (SSSR count). The summed E-state index contributed by atoms with van der Waals surface area (Å²) in [5.41, 5.74) is 0.164. The Bertz CT molecular complexity index is 177. The van der Waals surface area contributed by atoms with Crippen LogP contribution in [0.2, 0.25) is 0 Å². The van der Waals surface area contributed by atoms with E-state index in [1.807, 2.05) is 6.92 Å². The summed E-state index contributed by atoms with van der Waals surface area (Å²) in [6.07, 6.45) is -3.16. The molecule has 0 aromatic rings. The summed E-state index contributed by atoms with van der Waals surface area (Å²) in [6, 6.07) is 0. The number of alkyl halides is 3. The van der Waals surface area contributed by atoms with Crippen LogP contribution in [-0.2, 0) is 0 Å². The number of hydrogen-bond donors (Lipinski definition) is 0. The molecule has 0 spiro atoms. The molecule has 70 valence electrons. The van der Waals surface area contributed by atoms with Gasteiger partial charge in [0.2, 0.25) is 0 Å². The lowest BCUT2D eigenvalue weighted by Crippen LogP contribution is -2.10. The maximum absolute atomic E-state index is 11.9. The minimum absolute atomic E-state index is 0.0316. The molecule has 0 saturated heterocycles. The van der Waals surface area contributed by atoms with Crippen molar-refractivity contribution < 1.29 is 13.2 Å². The molecule has 0 unspecified atom stereocenters. The van der Waals surface area contributed by atoms with Crippen molar-refractivity contribution in [1.82, 2.24) is 0 Å². The molecule has 0 aromatic heterocycles. The highest BCUT2D eigenvalue weighted by atomic mass is 19.4. The average Bonchev–Trinajstić information content (AvgIpc) is 1.97. The summed E-state index contributed by atoms with van der Waals surface area (Å²) < 4.78 is 35.6. The van der Waals surface area contributed by atoms with Crippen LogP contribution in [0.15, 0.2) is 24.3 Å². The number of halogens is 3. The van der Waals surface area contributed by atoms with Gasteiger partial charge in [-0.25, -0.2) is 0 Å². The summed E-state index contributed by atoms with van der Waals surface area (Å²) in [5, 5.41) is 0. The van der Waals surface area contributed by atoms with Gasteiger partial charge < -0.3 is 0 Å². The first-order valence-electron chi connectivity index (χ1n) is 3.79. The second kappa shape index (κ2) is 4.33. The largest absolute Gasteiger partial charge is 0.412 e. The van der Waals surface area contributed by atoms with Crippen LogP contribution >= 0.6 is 0 Å². The van der Waals surface area contributed by atoms with Gasteiger partial charge in [0.1, 0.15) is 0 Å². The molecule has 0 aliphatic heterocycles. The van der Waals surface area contributed by atoms with Gasteiger partial charge in [0.05, 0.1) is 0 Å². The van der Waals surface area contributed by atoms with E-state index in [1.54, 1.807) is 0 Å². The fourth-order valence-corrected chi connectivity index (χ4v) is 0.646. The van der Waals surface area contributed by atoms with E-state index in [2.05, 4.69) is 13.2 Å². The van der Waals surface area contributed by atoms with Crippen molar-refractivity contribution in [3.63, 3.8) is 0 Å². The first-order chi connectivity index (χ1) is 5.38. The van der Waals surface area contributed by atoms with Crippen molar-refractivity contribution in [3.05, 3.63) is 24.3 Å². The maximum Gasteiger partial charge on any atom is 0.412 e. The molecule has 0 fully saturated rings. The van der Waals surface area contributed by atoms with Gasteiger partial charge in [-0.3, -0.25) is 0 Å². The van der Waals surface area contributed by atoms with Crippen LogP contribution in [0, 0.1) is 0 Å². The minimum atomic E-state index is -4.24. The Balaban J connectivity index is 3.81. The fourth-order valence-electron chi connectivity index (χ4n) is 0.646. The van der Waals surface area contributed by atoms with Crippen LogP contribution in [0.3, 0.4) is 0 Å². The molecule has 0 saturated carbocycles. The quantitative estimate of drug-likeness (QED) is 0.573. The van der Waals surface area contributed by atoms with Gasteiger partial charge in [0.25, 0.3) is 0 Å². The Morgan fingerprint density at radius 2 is 1.67 bits per heavy atom. The van der Waals surface area contributed by atoms with Gasteiger partial charge >= 0.3 is 6.18 Å². The minimum Gasteiger partial charge on any atom is -0.167 e. The van der Waals surface area contributed by atoms with Crippen molar-refractivity contribution in [2.45, 2.75) is 32.4 Å². The Kier molecular flexibility index (Phi) is 4.07. The third-order valence-electron chi connectivity index (χ3n) is 1.68. The Hall–Kier alpha value is -0.730. The van der Waals surface area contributed by atoms with E-state index in [-0.39, 0.29) is 6.42 Å². The zero-order chi connectivity index (χ0) is 9.78. The Morgan fingerprint density at radius 3 is 2.00 bits per heavy atom. The van der Waals surface area contributed by atoms with Crippen molar-refractivity contribution in [2.24, 2.45) is 0 Å². The molecule has 0 N–H and O–H groups in total. The van der Waals surface area contributed by atoms with Gasteiger partial charge in [-0.2, -0.15) is 13.2 Å². The second-order valence-corrected chi connectivity index (χ2v) is 2.70. The summed E-state index contributed by atoms with van der Waals surface area (Å²) in [7, 11) is 0. The molecule has 0 heterocycles. The maximum atomic E-state index is 11.9. The predicted octanol–water partition coefficient (Wildman–Crippen LogP) is 3.85. The molecular formula is C9H13F3. The zero-order valence-corrected chi connectivity index (χ0v) is 7.17. The fraction of sp³-hybridized carbons (Fsp3) is 0.556. The van der Waals surface area contributed by atoms with Crippen molar-refractivity contribution in [1.29, 1.82) is 0 Å². The first-order valence-corrected chi connectivity index (χ1v) is 3.79. The van der Waals surface area contributed by atoms with E-state index in [9.17, 15) is 13.2 Å². The molecule has 0 bridgehead atoms. The summed E-state index contributed by atoms with van der Waals surface area (Å²) in [6.45, 7) is 8.46. The highest BCUT2D eigenvalue weighted by Crippen LogP contribution is 2.28. The van der Waals surface area contributed by atoms with Gasteiger partial charge in [-0.15, -0.1) is 0 Å². The predicted molar refractivity (Wildman–Crippen MR) is 43.9 cm³/mol. The summed E-state index contributed by atoms with van der Waals surface area (Å²) in [4.78, 5) is 0. The van der Waals surface area contributed by atoms with Gasteiger partial charge in [0, 0.05) is 5.57 Å². The van der Waals surface area contributed by atoms with Crippen molar-refractivity contribution in [3.8, 4) is 0 Å². The smallest absolute Gasteiger partial charge is 0.167 e. The van der Waals surface area contributed by atoms with Gasteiger partial charge in [-0.05, 0) is 19.3 Å². The van der Waals surface area contributed by atoms with E-state index >= 15 is 0 Å². The Morgan fingerprint density at radius 1 is 1.17 bits per heavy atom. The number of allylic oxidation sites excluding steroid dienone is 2. The SMILES string of the molecule is C=C(CC)CCC(=C)C(F)(F)F. The second-order valence-electron chi connectivity index (χ2n) is 2.70. The lowest BCUT2D eigenvalue weighted by molar-refractivity contribution is -0.0935. The molecule has 0 nitrogen and oxygen atoms in total. The molecule has 3 heteroatoms. The van der Waals surface area contributed by atoms with Crippen LogP contribution in [0.25, 0.3) is 0 Å². The summed E-state index contributed by atoms with van der Waals surface area (Å²) >= 11 is 0. The lowest BCUT2D eigenvalue weighted by atomic mass is 10.1. The molecule has 0 radical (unpaired) electrons. The van der Waals surface area contributed by atoms with E-state index < -0.39 is 11.7 Å². The topological polar surface area (TPSA) is 0 Å². The third-order valence-corrected chi connectivity index (χ3v) is 1.68. The molecule has 0 amide bonds. The zero-order valence-electron chi connectivity index (χ0n) is 7.17. The molecule has 12 heavy (non-hydrogen) atoms.